The molecule has 1 saturated heterocycles. The number of amides is 4. The highest BCUT2D eigenvalue weighted by Gasteiger charge is 2.42. The van der Waals surface area contributed by atoms with Crippen LogP contribution in [-0.2, 0) is 9.59 Å². The fourth-order valence-electron chi connectivity index (χ4n) is 1.36. The number of imide groups is 2. The van der Waals surface area contributed by atoms with Crippen LogP contribution in [0, 0.1) is 0 Å². The predicted octanol–water partition coefficient (Wildman–Crippen LogP) is -0.856. The molecule has 0 aliphatic carbocycles. The maximum Gasteiger partial charge on any atom is 0.333 e. The van der Waals surface area contributed by atoms with Gasteiger partial charge in [0.15, 0.2) is 6.04 Å². The Morgan fingerprint density at radius 3 is 1.71 bits per heavy atom. The number of hydrogen-bond acceptors (Lipinski definition) is 4. The molecule has 1 aliphatic heterocycles. The van der Waals surface area contributed by atoms with E-state index in [-0.39, 0.29) is 13.1 Å². The first kappa shape index (κ1) is 10.6. The number of nitrogens with two attached hydrogens (primary N) is 1. The fraction of sp³-hybridized carbons (Fsp3) is 0.625. The lowest BCUT2D eigenvalue weighted by Crippen LogP contribution is -2.64. The van der Waals surface area contributed by atoms with Crippen LogP contribution in [-0.4, -0.2) is 46.8 Å². The topological polar surface area (TPSA) is 83.7 Å². The van der Waals surface area contributed by atoms with E-state index in [1.165, 1.54) is 0 Å². The molecule has 1 rings (SSSR count). The second-order valence-electron chi connectivity index (χ2n) is 2.93. The summed E-state index contributed by atoms with van der Waals surface area (Å²) in [6.45, 7) is 3.78. The number of likely N-dealkylation sites (N-methyl/N-ethyl adjacent to an activating group) is 2. The minimum absolute atomic E-state index is 0.231. The van der Waals surface area contributed by atoms with Crippen molar-refractivity contribution in [2.75, 3.05) is 13.1 Å². The van der Waals surface area contributed by atoms with Crippen molar-refractivity contribution >= 4 is 17.8 Å². The van der Waals surface area contributed by atoms with Crippen LogP contribution in [0.15, 0.2) is 0 Å². The number of hydrogen-bond donors (Lipinski definition) is 1. The van der Waals surface area contributed by atoms with Crippen LogP contribution >= 0.6 is 0 Å². The monoisotopic (exact) mass is 199 g/mol. The Kier molecular flexibility index (Phi) is 2.85. The summed E-state index contributed by atoms with van der Waals surface area (Å²) in [6.07, 6.45) is 0. The molecule has 0 aromatic carbocycles. The maximum absolute atomic E-state index is 11.5. The zero-order valence-corrected chi connectivity index (χ0v) is 8.19. The van der Waals surface area contributed by atoms with Gasteiger partial charge in [0.2, 0.25) is 0 Å². The molecule has 0 unspecified atom stereocenters. The van der Waals surface area contributed by atoms with Crippen LogP contribution in [0.25, 0.3) is 0 Å². The maximum atomic E-state index is 11.5. The van der Waals surface area contributed by atoms with Gasteiger partial charge in [-0.1, -0.05) is 0 Å². The van der Waals surface area contributed by atoms with E-state index >= 15 is 0 Å². The zero-order chi connectivity index (χ0) is 10.9. The third-order valence-corrected chi connectivity index (χ3v) is 2.16. The van der Waals surface area contributed by atoms with Crippen LogP contribution in [0.1, 0.15) is 13.8 Å². The first-order valence-electron chi connectivity index (χ1n) is 4.46. The summed E-state index contributed by atoms with van der Waals surface area (Å²) in [5.41, 5.74) is 5.38. The van der Waals surface area contributed by atoms with E-state index in [1.807, 2.05) is 0 Å². The van der Waals surface area contributed by atoms with Crippen LogP contribution < -0.4 is 5.73 Å². The van der Waals surface area contributed by atoms with Crippen molar-refractivity contribution in [2.24, 2.45) is 5.73 Å². The third-order valence-electron chi connectivity index (χ3n) is 2.16. The molecule has 0 spiro atoms. The highest BCUT2D eigenvalue weighted by molar-refractivity contribution is 6.18. The van der Waals surface area contributed by atoms with Crippen molar-refractivity contribution in [3.8, 4) is 0 Å². The molecule has 14 heavy (non-hydrogen) atoms. The van der Waals surface area contributed by atoms with Gasteiger partial charge < -0.3 is 5.73 Å². The minimum Gasteiger partial charge on any atom is -0.312 e. The van der Waals surface area contributed by atoms with E-state index in [0.717, 1.165) is 9.80 Å². The quantitative estimate of drug-likeness (QED) is 0.587. The summed E-state index contributed by atoms with van der Waals surface area (Å²) in [4.78, 5) is 36.2. The number of carbonyl (C=O) groups is 3. The van der Waals surface area contributed by atoms with Crippen LogP contribution in [0.4, 0.5) is 4.79 Å². The Hall–Kier alpha value is -1.43. The van der Waals surface area contributed by atoms with Gasteiger partial charge in [0.1, 0.15) is 0 Å². The van der Waals surface area contributed by atoms with E-state index in [1.54, 1.807) is 13.8 Å². The standard InChI is InChI=1S/C8H13N3O3/c1-3-10-6(12)5(9)7(13)11(4-2)8(10)14/h5H,3-4,9H2,1-2H3. The van der Waals surface area contributed by atoms with E-state index in [9.17, 15) is 14.4 Å². The van der Waals surface area contributed by atoms with Crippen LogP contribution in [0.2, 0.25) is 0 Å². The van der Waals surface area contributed by atoms with Crippen molar-refractivity contribution < 1.29 is 14.4 Å². The van der Waals surface area contributed by atoms with E-state index < -0.39 is 23.9 Å². The van der Waals surface area contributed by atoms with Crippen molar-refractivity contribution in [1.82, 2.24) is 9.80 Å². The Labute approximate surface area is 81.6 Å². The largest absolute Gasteiger partial charge is 0.333 e. The molecule has 0 saturated carbocycles. The molecule has 0 aromatic rings. The molecular weight excluding hydrogens is 186 g/mol. The summed E-state index contributed by atoms with van der Waals surface area (Å²) in [7, 11) is 0. The lowest BCUT2D eigenvalue weighted by atomic mass is 10.2. The molecule has 4 amide bonds. The lowest BCUT2D eigenvalue weighted by molar-refractivity contribution is -0.144. The SMILES string of the molecule is CCN1C(=O)C(N)C(=O)N(CC)C1=O. The van der Waals surface area contributed by atoms with Crippen molar-refractivity contribution in [3.63, 3.8) is 0 Å². The predicted molar refractivity (Wildman–Crippen MR) is 48.1 cm³/mol. The van der Waals surface area contributed by atoms with E-state index in [0.29, 0.717) is 0 Å². The average molecular weight is 199 g/mol. The molecule has 6 nitrogen and oxygen atoms in total. The van der Waals surface area contributed by atoms with E-state index in [2.05, 4.69) is 0 Å². The zero-order valence-electron chi connectivity index (χ0n) is 8.19. The average Bonchev–Trinajstić information content (AvgIpc) is 2.16. The lowest BCUT2D eigenvalue weighted by Gasteiger charge is -2.34. The minimum atomic E-state index is -1.23. The Balaban J connectivity index is 3.00. The smallest absolute Gasteiger partial charge is 0.312 e. The molecule has 0 bridgehead atoms. The normalized spacial score (nSPS) is 19.5. The van der Waals surface area contributed by atoms with Gasteiger partial charge in [-0.15, -0.1) is 0 Å². The van der Waals surface area contributed by atoms with Gasteiger partial charge in [-0.05, 0) is 13.8 Å². The number of rotatable bonds is 2. The molecule has 1 aliphatic rings. The number of carbonyl (C=O) groups excluding carboxylic acids is 3. The first-order chi connectivity index (χ1) is 6.54. The van der Waals surface area contributed by atoms with Gasteiger partial charge >= 0.3 is 6.03 Å². The second-order valence-corrected chi connectivity index (χ2v) is 2.93. The molecule has 0 radical (unpaired) electrons. The van der Waals surface area contributed by atoms with Crippen molar-refractivity contribution in [1.29, 1.82) is 0 Å². The van der Waals surface area contributed by atoms with Gasteiger partial charge in [0.25, 0.3) is 11.8 Å². The number of nitrogens with zero attached hydrogens (tertiary/aromatic N) is 2. The van der Waals surface area contributed by atoms with Crippen LogP contribution in [0.5, 0.6) is 0 Å². The highest BCUT2D eigenvalue weighted by atomic mass is 16.2. The molecule has 0 aromatic heterocycles. The van der Waals surface area contributed by atoms with E-state index in [4.69, 9.17) is 5.73 Å². The summed E-state index contributed by atoms with van der Waals surface area (Å²) in [5, 5.41) is 0. The van der Waals surface area contributed by atoms with Gasteiger partial charge in [-0.25, -0.2) is 4.79 Å². The summed E-state index contributed by atoms with van der Waals surface area (Å²) >= 11 is 0. The molecule has 6 heteroatoms. The summed E-state index contributed by atoms with van der Waals surface area (Å²) in [5.74, 6) is -1.24. The summed E-state index contributed by atoms with van der Waals surface area (Å²) < 4.78 is 0. The van der Waals surface area contributed by atoms with Crippen molar-refractivity contribution in [2.45, 2.75) is 19.9 Å². The van der Waals surface area contributed by atoms with Gasteiger partial charge in [-0.2, -0.15) is 0 Å². The van der Waals surface area contributed by atoms with Crippen LogP contribution in [0.3, 0.4) is 0 Å². The second kappa shape index (κ2) is 3.75. The van der Waals surface area contributed by atoms with Gasteiger partial charge in [-0.3, -0.25) is 19.4 Å². The Morgan fingerprint density at radius 2 is 1.43 bits per heavy atom. The van der Waals surface area contributed by atoms with Crippen molar-refractivity contribution in [3.05, 3.63) is 0 Å². The summed E-state index contributed by atoms with van der Waals surface area (Å²) in [6, 6.07) is -1.81. The molecular formula is C8H13N3O3. The molecule has 0 atom stereocenters. The third kappa shape index (κ3) is 1.37. The Bertz CT molecular complexity index is 264. The van der Waals surface area contributed by atoms with Gasteiger partial charge in [0, 0.05) is 13.1 Å². The van der Waals surface area contributed by atoms with Gasteiger partial charge in [0.05, 0.1) is 0 Å². The highest BCUT2D eigenvalue weighted by Crippen LogP contribution is 2.10. The molecule has 1 heterocycles. The number of barbiturate groups is 1. The first-order valence-corrected chi connectivity index (χ1v) is 4.46. The molecule has 2 N–H and O–H groups in total. The molecule has 78 valence electrons. The molecule has 1 fully saturated rings. The Morgan fingerprint density at radius 1 is 1.07 bits per heavy atom. The fourth-order valence-corrected chi connectivity index (χ4v) is 1.36. The number of urea groups is 1.